The van der Waals surface area contributed by atoms with E-state index < -0.39 is 9.05 Å². The molecular weight excluding hydrogens is 281 g/mol. The second-order valence-electron chi connectivity index (χ2n) is 4.46. The predicted molar refractivity (Wildman–Crippen MR) is 70.2 cm³/mol. The summed E-state index contributed by atoms with van der Waals surface area (Å²) in [7, 11) is 3.73. The van der Waals surface area contributed by atoms with Crippen molar-refractivity contribution in [2.75, 3.05) is 20.1 Å². The Kier molecular flexibility index (Phi) is 3.69. The van der Waals surface area contributed by atoms with E-state index >= 15 is 0 Å². The molecule has 1 aromatic rings. The van der Waals surface area contributed by atoms with Crippen LogP contribution < -0.4 is 0 Å². The molecule has 0 unspecified atom stereocenters. The highest BCUT2D eigenvalue weighted by molar-refractivity contribution is 8.13. The van der Waals surface area contributed by atoms with Gasteiger partial charge in [-0.25, -0.2) is 8.42 Å². The molecule has 6 heteroatoms. The molecule has 1 aliphatic rings. The van der Waals surface area contributed by atoms with Crippen LogP contribution in [0.1, 0.15) is 17.0 Å². The molecule has 0 N–H and O–H groups in total. The van der Waals surface area contributed by atoms with E-state index in [1.165, 1.54) is 0 Å². The molecule has 1 heterocycles. The molecule has 0 saturated carbocycles. The molecule has 0 radical (unpaired) electrons. The van der Waals surface area contributed by atoms with Crippen LogP contribution in [0.25, 0.3) is 0 Å². The van der Waals surface area contributed by atoms with Crippen molar-refractivity contribution in [1.82, 2.24) is 4.90 Å². The lowest BCUT2D eigenvalue weighted by molar-refractivity contribution is 0.190. The van der Waals surface area contributed by atoms with E-state index in [-0.39, 0.29) is 5.75 Å². The van der Waals surface area contributed by atoms with Gasteiger partial charge in [-0.05, 0) is 24.2 Å². The maximum atomic E-state index is 11.0. The van der Waals surface area contributed by atoms with Crippen LogP contribution in [-0.4, -0.2) is 33.5 Å². The molecule has 94 valence electrons. The molecule has 0 amide bonds. The third kappa shape index (κ3) is 3.35. The fourth-order valence-corrected chi connectivity index (χ4v) is 3.40. The highest BCUT2D eigenvalue weighted by Crippen LogP contribution is 2.32. The number of rotatable bonds is 3. The minimum atomic E-state index is -3.52. The Balaban J connectivity index is 2.17. The standard InChI is InChI=1S/C11H13Cl2NO2S/c1-14-5-9(6-14)10-3-2-8(4-11(10)12)7-17(13,15)16/h2-4,9H,5-7H2,1H3. The zero-order chi connectivity index (χ0) is 12.6. The fourth-order valence-electron chi connectivity index (χ4n) is 2.09. The lowest BCUT2D eigenvalue weighted by Crippen LogP contribution is -2.41. The molecule has 0 aromatic heterocycles. The summed E-state index contributed by atoms with van der Waals surface area (Å²) in [6.07, 6.45) is 0. The third-order valence-electron chi connectivity index (χ3n) is 2.91. The van der Waals surface area contributed by atoms with E-state index in [0.717, 1.165) is 18.7 Å². The lowest BCUT2D eigenvalue weighted by Gasteiger charge is -2.37. The van der Waals surface area contributed by atoms with E-state index in [1.54, 1.807) is 12.1 Å². The smallest absolute Gasteiger partial charge is 0.236 e. The second-order valence-corrected chi connectivity index (χ2v) is 7.64. The Morgan fingerprint density at radius 2 is 2.06 bits per heavy atom. The number of hydrogen-bond acceptors (Lipinski definition) is 3. The molecule has 2 rings (SSSR count). The van der Waals surface area contributed by atoms with Gasteiger partial charge in [-0.15, -0.1) is 0 Å². The molecule has 1 saturated heterocycles. The highest BCUT2D eigenvalue weighted by atomic mass is 35.7. The van der Waals surface area contributed by atoms with Gasteiger partial charge in [0.1, 0.15) is 0 Å². The largest absolute Gasteiger partial charge is 0.305 e. The first-order valence-corrected chi connectivity index (χ1v) is 8.10. The van der Waals surface area contributed by atoms with Crippen LogP contribution in [0.4, 0.5) is 0 Å². The van der Waals surface area contributed by atoms with Crippen LogP contribution in [0, 0.1) is 0 Å². The fraction of sp³-hybridized carbons (Fsp3) is 0.455. The molecule has 0 aliphatic carbocycles. The maximum absolute atomic E-state index is 11.0. The van der Waals surface area contributed by atoms with Crippen LogP contribution in [0.3, 0.4) is 0 Å². The van der Waals surface area contributed by atoms with Gasteiger partial charge in [-0.3, -0.25) is 0 Å². The van der Waals surface area contributed by atoms with Crippen molar-refractivity contribution in [2.24, 2.45) is 0 Å². The van der Waals surface area contributed by atoms with Crippen molar-refractivity contribution in [1.29, 1.82) is 0 Å². The van der Waals surface area contributed by atoms with E-state index in [9.17, 15) is 8.42 Å². The van der Waals surface area contributed by atoms with Crippen LogP contribution in [0.5, 0.6) is 0 Å². The zero-order valence-corrected chi connectivity index (χ0v) is 11.7. The highest BCUT2D eigenvalue weighted by Gasteiger charge is 2.26. The van der Waals surface area contributed by atoms with Crippen molar-refractivity contribution >= 4 is 31.3 Å². The van der Waals surface area contributed by atoms with Gasteiger partial charge in [0.15, 0.2) is 0 Å². The summed E-state index contributed by atoms with van der Waals surface area (Å²) in [5, 5.41) is 0.626. The molecule has 17 heavy (non-hydrogen) atoms. The molecule has 1 fully saturated rings. The van der Waals surface area contributed by atoms with Crippen molar-refractivity contribution < 1.29 is 8.42 Å². The Hall–Kier alpha value is -0.290. The van der Waals surface area contributed by atoms with Crippen LogP contribution >= 0.6 is 22.3 Å². The first-order valence-electron chi connectivity index (χ1n) is 5.24. The molecule has 0 spiro atoms. The van der Waals surface area contributed by atoms with Crippen LogP contribution in [0.15, 0.2) is 18.2 Å². The van der Waals surface area contributed by atoms with Gasteiger partial charge in [0.25, 0.3) is 0 Å². The number of likely N-dealkylation sites (N-methyl/N-ethyl adjacent to an activating group) is 1. The summed E-state index contributed by atoms with van der Waals surface area (Å²) in [4.78, 5) is 2.21. The zero-order valence-electron chi connectivity index (χ0n) is 9.36. The average molecular weight is 294 g/mol. The quantitative estimate of drug-likeness (QED) is 0.804. The number of nitrogens with zero attached hydrogens (tertiary/aromatic N) is 1. The molecular formula is C11H13Cl2NO2S. The number of benzene rings is 1. The van der Waals surface area contributed by atoms with Crippen LogP contribution in [-0.2, 0) is 14.8 Å². The normalized spacial score (nSPS) is 18.1. The van der Waals surface area contributed by atoms with E-state index in [2.05, 4.69) is 11.9 Å². The minimum Gasteiger partial charge on any atom is -0.305 e. The second kappa shape index (κ2) is 4.76. The van der Waals surface area contributed by atoms with Crippen molar-refractivity contribution in [3.63, 3.8) is 0 Å². The SMILES string of the molecule is CN1CC(c2ccc(CS(=O)(=O)Cl)cc2Cl)C1. The van der Waals surface area contributed by atoms with Gasteiger partial charge >= 0.3 is 0 Å². The monoisotopic (exact) mass is 293 g/mol. The van der Waals surface area contributed by atoms with Crippen molar-refractivity contribution in [3.05, 3.63) is 34.3 Å². The Labute approximate surface area is 111 Å². The lowest BCUT2D eigenvalue weighted by atomic mass is 9.91. The van der Waals surface area contributed by atoms with E-state index in [4.69, 9.17) is 22.3 Å². The molecule has 0 bridgehead atoms. The summed E-state index contributed by atoms with van der Waals surface area (Å²) in [6, 6.07) is 5.37. The van der Waals surface area contributed by atoms with Gasteiger partial charge < -0.3 is 4.90 Å². The van der Waals surface area contributed by atoms with E-state index in [1.807, 2.05) is 6.07 Å². The summed E-state index contributed by atoms with van der Waals surface area (Å²) >= 11 is 6.16. The van der Waals surface area contributed by atoms with Gasteiger partial charge in [0, 0.05) is 34.7 Å². The van der Waals surface area contributed by atoms with Crippen molar-refractivity contribution in [2.45, 2.75) is 11.7 Å². The summed E-state index contributed by atoms with van der Waals surface area (Å²) in [5.74, 6) is 0.272. The first kappa shape index (κ1) is 13.1. The average Bonchev–Trinajstić information content (AvgIpc) is 2.11. The minimum absolute atomic E-state index is 0.181. The summed E-state index contributed by atoms with van der Waals surface area (Å²) in [6.45, 7) is 1.99. The Morgan fingerprint density at radius 3 is 2.53 bits per heavy atom. The summed E-state index contributed by atoms with van der Waals surface area (Å²) in [5.41, 5.74) is 1.71. The van der Waals surface area contributed by atoms with E-state index in [0.29, 0.717) is 16.5 Å². The number of likely N-dealkylation sites (tertiary alicyclic amines) is 1. The van der Waals surface area contributed by atoms with Gasteiger partial charge in [0.2, 0.25) is 9.05 Å². The topological polar surface area (TPSA) is 37.4 Å². The third-order valence-corrected chi connectivity index (χ3v) is 4.24. The first-order chi connectivity index (χ1) is 7.85. The van der Waals surface area contributed by atoms with Gasteiger partial charge in [0.05, 0.1) is 5.75 Å². The van der Waals surface area contributed by atoms with Gasteiger partial charge in [-0.1, -0.05) is 23.7 Å². The molecule has 1 aromatic carbocycles. The summed E-state index contributed by atoms with van der Waals surface area (Å²) < 4.78 is 21.9. The number of hydrogen-bond donors (Lipinski definition) is 0. The molecule has 3 nitrogen and oxygen atoms in total. The molecule has 0 atom stereocenters. The maximum Gasteiger partial charge on any atom is 0.236 e. The van der Waals surface area contributed by atoms with Crippen molar-refractivity contribution in [3.8, 4) is 0 Å². The predicted octanol–water partition coefficient (Wildman–Crippen LogP) is 2.44. The number of halogens is 2. The Morgan fingerprint density at radius 1 is 1.41 bits per heavy atom. The molecule has 1 aliphatic heterocycles. The van der Waals surface area contributed by atoms with Crippen LogP contribution in [0.2, 0.25) is 5.02 Å². The Bertz CT molecular complexity index is 524. The van der Waals surface area contributed by atoms with Gasteiger partial charge in [-0.2, -0.15) is 0 Å².